The molecule has 0 spiro atoms. The molecule has 0 atom stereocenters. The predicted octanol–water partition coefficient (Wildman–Crippen LogP) is 4.41. The van der Waals surface area contributed by atoms with E-state index in [1.54, 1.807) is 6.20 Å². The molecule has 0 N–H and O–H groups in total. The first kappa shape index (κ1) is 16.0. The Morgan fingerprint density at radius 2 is 2.12 bits per heavy atom. The average Bonchev–Trinajstić information content (AvgIpc) is 3.32. The Morgan fingerprint density at radius 1 is 1.28 bits per heavy atom. The number of para-hydroxylation sites is 1. The van der Waals surface area contributed by atoms with Crippen LogP contribution < -0.4 is 0 Å². The van der Waals surface area contributed by atoms with Gasteiger partial charge in [-0.3, -0.25) is 0 Å². The van der Waals surface area contributed by atoms with E-state index in [9.17, 15) is 4.79 Å². The number of fused-ring (bicyclic) bond motifs is 1. The third-order valence-electron chi connectivity index (χ3n) is 3.69. The Balaban J connectivity index is 1.49. The van der Waals surface area contributed by atoms with Gasteiger partial charge in [0.2, 0.25) is 0 Å². The molecule has 25 heavy (non-hydrogen) atoms. The zero-order valence-corrected chi connectivity index (χ0v) is 15.5. The highest BCUT2D eigenvalue weighted by Crippen LogP contribution is 2.30. The number of ether oxygens (including phenoxy) is 1. The summed E-state index contributed by atoms with van der Waals surface area (Å²) in [6, 6.07) is 11.5. The van der Waals surface area contributed by atoms with Crippen LogP contribution >= 0.6 is 27.3 Å². The third-order valence-corrected chi connectivity index (χ3v) is 5.31. The lowest BCUT2D eigenvalue weighted by Gasteiger charge is -2.00. The standard InChI is InChI=1S/C17H12BrN3O3S/c1-21-8-11(10-4-2-3-5-12(10)21)17(22)23-9-15-19-20-16(24-15)13-6-7-14(18)25-13/h2-8H,9H2,1H3. The van der Waals surface area contributed by atoms with Crippen LogP contribution in [-0.2, 0) is 18.4 Å². The van der Waals surface area contributed by atoms with Crippen LogP contribution in [0, 0.1) is 0 Å². The summed E-state index contributed by atoms with van der Waals surface area (Å²) in [6.45, 7) is -0.0679. The molecule has 0 saturated carbocycles. The van der Waals surface area contributed by atoms with Crippen LogP contribution in [0.3, 0.4) is 0 Å². The fraction of sp³-hybridized carbons (Fsp3) is 0.118. The van der Waals surface area contributed by atoms with Crippen LogP contribution in [0.25, 0.3) is 21.7 Å². The molecule has 0 bridgehead atoms. The summed E-state index contributed by atoms with van der Waals surface area (Å²) < 4.78 is 13.8. The summed E-state index contributed by atoms with van der Waals surface area (Å²) >= 11 is 4.88. The van der Waals surface area contributed by atoms with E-state index in [1.807, 2.05) is 48.0 Å². The third kappa shape index (κ3) is 3.10. The smallest absolute Gasteiger partial charge is 0.340 e. The van der Waals surface area contributed by atoms with Gasteiger partial charge >= 0.3 is 5.97 Å². The minimum atomic E-state index is -0.421. The van der Waals surface area contributed by atoms with Crippen molar-refractivity contribution < 1.29 is 13.9 Å². The minimum absolute atomic E-state index is 0.0679. The molecule has 3 aromatic heterocycles. The fourth-order valence-electron chi connectivity index (χ4n) is 2.55. The van der Waals surface area contributed by atoms with Crippen molar-refractivity contribution >= 4 is 44.1 Å². The molecule has 0 amide bonds. The van der Waals surface area contributed by atoms with Gasteiger partial charge in [-0.15, -0.1) is 21.5 Å². The predicted molar refractivity (Wildman–Crippen MR) is 97.3 cm³/mol. The summed E-state index contributed by atoms with van der Waals surface area (Å²) in [5.74, 6) is 0.246. The summed E-state index contributed by atoms with van der Waals surface area (Å²) in [5, 5.41) is 8.76. The number of hydrogen-bond donors (Lipinski definition) is 0. The van der Waals surface area contributed by atoms with Crippen LogP contribution in [-0.4, -0.2) is 20.7 Å². The number of halogens is 1. The molecule has 1 aromatic carbocycles. The maximum Gasteiger partial charge on any atom is 0.340 e. The number of thiophene rings is 1. The Morgan fingerprint density at radius 3 is 2.92 bits per heavy atom. The SMILES string of the molecule is Cn1cc(C(=O)OCc2nnc(-c3ccc(Br)s3)o2)c2ccccc21. The van der Waals surface area contributed by atoms with E-state index in [2.05, 4.69) is 26.1 Å². The summed E-state index contributed by atoms with van der Waals surface area (Å²) in [6.07, 6.45) is 1.76. The Bertz CT molecular complexity index is 1070. The average molecular weight is 418 g/mol. The maximum absolute atomic E-state index is 12.4. The molecule has 4 rings (SSSR count). The lowest BCUT2D eigenvalue weighted by atomic mass is 10.2. The number of benzene rings is 1. The molecule has 0 fully saturated rings. The summed E-state index contributed by atoms with van der Waals surface area (Å²) in [4.78, 5) is 13.2. The van der Waals surface area contributed by atoms with Gasteiger partial charge in [0.1, 0.15) is 0 Å². The molecule has 0 aliphatic heterocycles. The van der Waals surface area contributed by atoms with Gasteiger partial charge in [-0.05, 0) is 34.1 Å². The molecule has 0 aliphatic rings. The van der Waals surface area contributed by atoms with Crippen LogP contribution in [0.2, 0.25) is 0 Å². The first-order valence-electron chi connectivity index (χ1n) is 7.41. The fourth-order valence-corrected chi connectivity index (χ4v) is 3.86. The van der Waals surface area contributed by atoms with Crippen molar-refractivity contribution in [2.45, 2.75) is 6.61 Å². The van der Waals surface area contributed by atoms with E-state index < -0.39 is 5.97 Å². The number of hydrogen-bond acceptors (Lipinski definition) is 6. The van der Waals surface area contributed by atoms with Gasteiger partial charge in [0.25, 0.3) is 11.8 Å². The molecule has 3 heterocycles. The zero-order valence-electron chi connectivity index (χ0n) is 13.1. The number of aromatic nitrogens is 3. The van der Waals surface area contributed by atoms with Crippen LogP contribution in [0.4, 0.5) is 0 Å². The minimum Gasteiger partial charge on any atom is -0.452 e. The summed E-state index contributed by atoms with van der Waals surface area (Å²) in [5.41, 5.74) is 1.48. The molecular weight excluding hydrogens is 406 g/mol. The number of carbonyl (C=O) groups excluding carboxylic acids is 1. The first-order valence-corrected chi connectivity index (χ1v) is 9.02. The Labute approximate surface area is 155 Å². The molecular formula is C17H12BrN3O3S. The Hall–Kier alpha value is -2.45. The molecule has 0 radical (unpaired) electrons. The van der Waals surface area contributed by atoms with Crippen molar-refractivity contribution in [3.8, 4) is 10.8 Å². The van der Waals surface area contributed by atoms with Crippen molar-refractivity contribution in [2.24, 2.45) is 7.05 Å². The van der Waals surface area contributed by atoms with E-state index in [-0.39, 0.29) is 12.5 Å². The molecule has 0 aliphatic carbocycles. The van der Waals surface area contributed by atoms with E-state index in [0.717, 1.165) is 19.6 Å². The van der Waals surface area contributed by atoms with Gasteiger partial charge in [-0.25, -0.2) is 4.79 Å². The largest absolute Gasteiger partial charge is 0.452 e. The molecule has 8 heteroatoms. The second-order valence-electron chi connectivity index (χ2n) is 5.35. The van der Waals surface area contributed by atoms with E-state index in [0.29, 0.717) is 11.5 Å². The molecule has 126 valence electrons. The molecule has 0 saturated heterocycles. The van der Waals surface area contributed by atoms with Gasteiger partial charge in [0.05, 0.1) is 14.2 Å². The number of carbonyl (C=O) groups is 1. The lowest BCUT2D eigenvalue weighted by molar-refractivity contribution is 0.0441. The highest BCUT2D eigenvalue weighted by atomic mass is 79.9. The monoisotopic (exact) mass is 417 g/mol. The molecule has 4 aromatic rings. The molecule has 0 unspecified atom stereocenters. The number of rotatable bonds is 4. The zero-order chi connectivity index (χ0) is 17.4. The first-order chi connectivity index (χ1) is 12.1. The lowest BCUT2D eigenvalue weighted by Crippen LogP contribution is -2.05. The van der Waals surface area contributed by atoms with Crippen LogP contribution in [0.15, 0.2) is 50.8 Å². The second-order valence-corrected chi connectivity index (χ2v) is 7.81. The maximum atomic E-state index is 12.4. The number of aryl methyl sites for hydroxylation is 1. The van der Waals surface area contributed by atoms with Crippen molar-refractivity contribution in [1.82, 2.24) is 14.8 Å². The van der Waals surface area contributed by atoms with Gasteiger partial charge in [0.15, 0.2) is 6.61 Å². The highest BCUT2D eigenvalue weighted by molar-refractivity contribution is 9.11. The molecule has 6 nitrogen and oxygen atoms in total. The van der Waals surface area contributed by atoms with Gasteiger partial charge < -0.3 is 13.7 Å². The van der Waals surface area contributed by atoms with Crippen molar-refractivity contribution in [3.05, 3.63) is 57.8 Å². The Kier molecular flexibility index (Phi) is 4.14. The van der Waals surface area contributed by atoms with Crippen molar-refractivity contribution in [2.75, 3.05) is 0 Å². The van der Waals surface area contributed by atoms with Crippen molar-refractivity contribution in [1.29, 1.82) is 0 Å². The van der Waals surface area contributed by atoms with Crippen LogP contribution in [0.5, 0.6) is 0 Å². The van der Waals surface area contributed by atoms with E-state index in [4.69, 9.17) is 9.15 Å². The quantitative estimate of drug-likeness (QED) is 0.460. The van der Waals surface area contributed by atoms with Gasteiger partial charge in [-0.1, -0.05) is 18.2 Å². The van der Waals surface area contributed by atoms with E-state index in [1.165, 1.54) is 11.3 Å². The topological polar surface area (TPSA) is 70.2 Å². The number of esters is 1. The second kappa shape index (κ2) is 6.45. The van der Waals surface area contributed by atoms with Gasteiger partial charge in [0, 0.05) is 24.1 Å². The van der Waals surface area contributed by atoms with Crippen molar-refractivity contribution in [3.63, 3.8) is 0 Å². The summed E-state index contributed by atoms with van der Waals surface area (Å²) in [7, 11) is 1.89. The van der Waals surface area contributed by atoms with Crippen LogP contribution in [0.1, 0.15) is 16.2 Å². The normalized spacial score (nSPS) is 11.1. The van der Waals surface area contributed by atoms with Gasteiger partial charge in [-0.2, -0.15) is 0 Å². The number of nitrogens with zero attached hydrogens (tertiary/aromatic N) is 3. The van der Waals surface area contributed by atoms with E-state index >= 15 is 0 Å². The highest BCUT2D eigenvalue weighted by Gasteiger charge is 2.17.